The fourth-order valence-electron chi connectivity index (χ4n) is 3.28. The van der Waals surface area contributed by atoms with E-state index < -0.39 is 0 Å². The first-order chi connectivity index (χ1) is 8.76. The van der Waals surface area contributed by atoms with Crippen LogP contribution in [0.15, 0.2) is 18.3 Å². The number of rotatable bonds is 3. The molecule has 4 nitrogen and oxygen atoms in total. The second kappa shape index (κ2) is 4.76. The van der Waals surface area contributed by atoms with E-state index >= 15 is 0 Å². The van der Waals surface area contributed by atoms with Gasteiger partial charge in [0.05, 0.1) is 7.11 Å². The summed E-state index contributed by atoms with van der Waals surface area (Å²) >= 11 is 0. The largest absolute Gasteiger partial charge is 0.481 e. The van der Waals surface area contributed by atoms with Gasteiger partial charge in [-0.05, 0) is 31.7 Å². The topological polar surface area (TPSA) is 37.4 Å². The Balaban J connectivity index is 1.75. The maximum absolute atomic E-state index is 5.20. The fourth-order valence-corrected chi connectivity index (χ4v) is 3.28. The van der Waals surface area contributed by atoms with Crippen molar-refractivity contribution < 1.29 is 4.74 Å². The van der Waals surface area contributed by atoms with Crippen molar-refractivity contribution in [2.75, 3.05) is 19.1 Å². The van der Waals surface area contributed by atoms with Crippen molar-refractivity contribution in [2.45, 2.75) is 43.8 Å². The number of ether oxygens (including phenoxy) is 1. The van der Waals surface area contributed by atoms with E-state index in [0.29, 0.717) is 11.9 Å². The van der Waals surface area contributed by atoms with Gasteiger partial charge in [0.25, 0.3) is 0 Å². The fraction of sp³-hybridized carbons (Fsp3) is 0.643. The summed E-state index contributed by atoms with van der Waals surface area (Å²) in [6.45, 7) is 0. The minimum Gasteiger partial charge on any atom is -0.481 e. The summed E-state index contributed by atoms with van der Waals surface area (Å²) in [6, 6.07) is 6.16. The number of aromatic nitrogens is 1. The standard InChI is InChI=1S/C14H21N3O/c1-17(12-5-6-15-14(9-12)18-2)13-7-10-3-4-11(8-13)16-10/h5-6,9-11,13,16H,3-4,7-8H2,1-2H3. The summed E-state index contributed by atoms with van der Waals surface area (Å²) < 4.78 is 5.20. The minimum atomic E-state index is 0.635. The van der Waals surface area contributed by atoms with Crippen LogP contribution in [0, 0.1) is 0 Å². The average Bonchev–Trinajstić information content (AvgIpc) is 2.76. The minimum absolute atomic E-state index is 0.635. The Morgan fingerprint density at radius 1 is 1.33 bits per heavy atom. The molecule has 2 bridgehead atoms. The smallest absolute Gasteiger partial charge is 0.214 e. The molecule has 0 aliphatic carbocycles. The van der Waals surface area contributed by atoms with Crippen molar-refractivity contribution >= 4 is 5.69 Å². The number of anilines is 1. The van der Waals surface area contributed by atoms with E-state index in [9.17, 15) is 0 Å². The monoisotopic (exact) mass is 247 g/mol. The molecule has 2 aliphatic heterocycles. The molecule has 2 unspecified atom stereocenters. The first-order valence-corrected chi connectivity index (χ1v) is 6.75. The van der Waals surface area contributed by atoms with Crippen LogP contribution in [0.3, 0.4) is 0 Å². The van der Waals surface area contributed by atoms with Gasteiger partial charge in [0.1, 0.15) is 0 Å². The molecule has 98 valence electrons. The maximum atomic E-state index is 5.20. The van der Waals surface area contributed by atoms with Crippen LogP contribution in [0.5, 0.6) is 5.88 Å². The third-order valence-electron chi connectivity index (χ3n) is 4.33. The molecule has 3 heterocycles. The van der Waals surface area contributed by atoms with Crippen LogP contribution < -0.4 is 15.0 Å². The number of piperidine rings is 1. The molecule has 2 atom stereocenters. The van der Waals surface area contributed by atoms with Crippen molar-refractivity contribution in [1.82, 2.24) is 10.3 Å². The highest BCUT2D eigenvalue weighted by molar-refractivity contribution is 5.48. The van der Waals surface area contributed by atoms with E-state index in [1.165, 1.54) is 31.4 Å². The van der Waals surface area contributed by atoms with Gasteiger partial charge in [-0.2, -0.15) is 0 Å². The van der Waals surface area contributed by atoms with E-state index in [1.54, 1.807) is 7.11 Å². The highest BCUT2D eigenvalue weighted by atomic mass is 16.5. The number of hydrogen-bond donors (Lipinski definition) is 1. The van der Waals surface area contributed by atoms with Crippen LogP contribution in [0.1, 0.15) is 25.7 Å². The molecule has 18 heavy (non-hydrogen) atoms. The second-order valence-electron chi connectivity index (χ2n) is 5.43. The lowest BCUT2D eigenvalue weighted by Gasteiger charge is -2.36. The molecular weight excluding hydrogens is 226 g/mol. The Morgan fingerprint density at radius 2 is 2.06 bits per heavy atom. The molecule has 1 aromatic heterocycles. The average molecular weight is 247 g/mol. The molecule has 0 amide bonds. The number of hydrogen-bond acceptors (Lipinski definition) is 4. The Morgan fingerprint density at radius 3 is 2.72 bits per heavy atom. The van der Waals surface area contributed by atoms with Gasteiger partial charge in [-0.15, -0.1) is 0 Å². The molecule has 1 aromatic rings. The van der Waals surface area contributed by atoms with Crippen LogP contribution in [0.4, 0.5) is 5.69 Å². The van der Waals surface area contributed by atoms with Gasteiger partial charge < -0.3 is 15.0 Å². The zero-order valence-corrected chi connectivity index (χ0v) is 11.1. The molecule has 0 saturated carbocycles. The number of nitrogens with zero attached hydrogens (tertiary/aromatic N) is 2. The van der Waals surface area contributed by atoms with Gasteiger partial charge in [0.15, 0.2) is 0 Å². The first kappa shape index (κ1) is 11.8. The third-order valence-corrected chi connectivity index (χ3v) is 4.33. The normalized spacial score (nSPS) is 30.2. The molecule has 0 radical (unpaired) electrons. The van der Waals surface area contributed by atoms with Crippen molar-refractivity contribution in [1.29, 1.82) is 0 Å². The molecule has 2 aliphatic rings. The van der Waals surface area contributed by atoms with E-state index in [2.05, 4.69) is 28.3 Å². The summed E-state index contributed by atoms with van der Waals surface area (Å²) in [7, 11) is 3.85. The predicted octanol–water partition coefficient (Wildman–Crippen LogP) is 1.81. The van der Waals surface area contributed by atoms with Crippen LogP contribution in [-0.2, 0) is 0 Å². The molecular formula is C14H21N3O. The van der Waals surface area contributed by atoms with Crippen molar-refractivity contribution in [3.63, 3.8) is 0 Å². The molecule has 0 aromatic carbocycles. The Hall–Kier alpha value is -1.29. The SMILES string of the molecule is COc1cc(N(C)C2CC3CCC(C2)N3)ccn1. The van der Waals surface area contributed by atoms with E-state index in [-0.39, 0.29) is 0 Å². The van der Waals surface area contributed by atoms with Gasteiger partial charge >= 0.3 is 0 Å². The Labute approximate surface area is 108 Å². The van der Waals surface area contributed by atoms with Crippen LogP contribution in [0.25, 0.3) is 0 Å². The zero-order valence-electron chi connectivity index (χ0n) is 11.1. The van der Waals surface area contributed by atoms with Crippen molar-refractivity contribution in [3.05, 3.63) is 18.3 Å². The summed E-state index contributed by atoms with van der Waals surface area (Å²) in [5.74, 6) is 0.691. The quantitative estimate of drug-likeness (QED) is 0.884. The highest BCUT2D eigenvalue weighted by Gasteiger charge is 2.35. The summed E-state index contributed by atoms with van der Waals surface area (Å²) in [6.07, 6.45) is 7.00. The predicted molar refractivity (Wildman–Crippen MR) is 72.2 cm³/mol. The molecule has 1 N–H and O–H groups in total. The Kier molecular flexibility index (Phi) is 3.12. The zero-order chi connectivity index (χ0) is 12.5. The molecule has 0 spiro atoms. The van der Waals surface area contributed by atoms with Gasteiger partial charge in [-0.3, -0.25) is 0 Å². The van der Waals surface area contributed by atoms with Crippen LogP contribution in [-0.4, -0.2) is 37.3 Å². The molecule has 2 fully saturated rings. The van der Waals surface area contributed by atoms with E-state index in [0.717, 1.165) is 12.1 Å². The first-order valence-electron chi connectivity index (χ1n) is 6.75. The lowest BCUT2D eigenvalue weighted by Crippen LogP contribution is -2.47. The van der Waals surface area contributed by atoms with Crippen molar-refractivity contribution in [2.24, 2.45) is 0 Å². The highest BCUT2D eigenvalue weighted by Crippen LogP contribution is 2.31. The Bertz CT molecular complexity index is 411. The van der Waals surface area contributed by atoms with Gasteiger partial charge in [-0.1, -0.05) is 0 Å². The lowest BCUT2D eigenvalue weighted by atomic mass is 9.98. The van der Waals surface area contributed by atoms with E-state index in [4.69, 9.17) is 4.74 Å². The maximum Gasteiger partial charge on any atom is 0.214 e. The van der Waals surface area contributed by atoms with E-state index in [1.807, 2.05) is 12.3 Å². The van der Waals surface area contributed by atoms with Crippen molar-refractivity contribution in [3.8, 4) is 5.88 Å². The van der Waals surface area contributed by atoms with Gasteiger partial charge in [0, 0.05) is 43.1 Å². The lowest BCUT2D eigenvalue weighted by molar-refractivity contribution is 0.354. The van der Waals surface area contributed by atoms with Crippen LogP contribution in [0.2, 0.25) is 0 Å². The third kappa shape index (κ3) is 2.17. The number of nitrogens with one attached hydrogen (secondary N) is 1. The van der Waals surface area contributed by atoms with Gasteiger partial charge in [0.2, 0.25) is 5.88 Å². The van der Waals surface area contributed by atoms with Gasteiger partial charge in [-0.25, -0.2) is 4.98 Å². The molecule has 2 saturated heterocycles. The van der Waals surface area contributed by atoms with Crippen LogP contribution >= 0.6 is 0 Å². The summed E-state index contributed by atoms with van der Waals surface area (Å²) in [4.78, 5) is 6.55. The number of fused-ring (bicyclic) bond motifs is 2. The summed E-state index contributed by atoms with van der Waals surface area (Å²) in [5.41, 5.74) is 1.20. The number of methoxy groups -OCH3 is 1. The number of pyridine rings is 1. The second-order valence-corrected chi connectivity index (χ2v) is 5.43. The molecule has 4 heteroatoms. The molecule has 3 rings (SSSR count). The summed E-state index contributed by atoms with van der Waals surface area (Å²) in [5, 5.41) is 3.69.